The number of esters is 2. The van der Waals surface area contributed by atoms with Crippen LogP contribution in [0.25, 0.3) is 0 Å². The first-order valence-electron chi connectivity index (χ1n) is 18.6. The zero-order valence-corrected chi connectivity index (χ0v) is 30.6. The number of hydrogen-bond acceptors (Lipinski definition) is 9. The van der Waals surface area contributed by atoms with E-state index < -0.39 is 51.8 Å². The van der Waals surface area contributed by atoms with Gasteiger partial charge in [-0.25, -0.2) is 4.57 Å². The number of phosphoric ester groups is 1. The van der Waals surface area contributed by atoms with E-state index in [-0.39, 0.29) is 19.4 Å². The number of phosphoric acid groups is 1. The van der Waals surface area contributed by atoms with Gasteiger partial charge in [-0.15, -0.1) is 0 Å². The minimum atomic E-state index is -4.60. The largest absolute Gasteiger partial charge is 0.472 e. The Morgan fingerprint density at radius 1 is 0.617 bits per heavy atom. The molecule has 1 unspecified atom stereocenters. The van der Waals surface area contributed by atoms with Gasteiger partial charge in [0.15, 0.2) is 6.10 Å². The fourth-order valence-corrected chi connectivity index (χ4v) is 5.78. The first-order valence-corrected chi connectivity index (χ1v) is 20.1. The number of carbonyl (C=O) groups excluding carboxylic acids is 2. The molecule has 0 saturated heterocycles. The lowest BCUT2D eigenvalue weighted by Crippen LogP contribution is -2.29. The maximum Gasteiger partial charge on any atom is 0.472 e. The molecule has 47 heavy (non-hydrogen) atoms. The topological polar surface area (TPSA) is 149 Å². The van der Waals surface area contributed by atoms with Crippen molar-refractivity contribution in [1.82, 2.24) is 0 Å². The van der Waals surface area contributed by atoms with Gasteiger partial charge in [-0.2, -0.15) is 0 Å². The van der Waals surface area contributed by atoms with Gasteiger partial charge >= 0.3 is 19.8 Å². The van der Waals surface area contributed by atoms with E-state index in [9.17, 15) is 24.2 Å². The van der Waals surface area contributed by atoms with Crippen molar-refractivity contribution in [2.24, 2.45) is 0 Å². The van der Waals surface area contributed by atoms with Crippen LogP contribution in [0.15, 0.2) is 12.2 Å². The molecule has 0 aliphatic carbocycles. The summed E-state index contributed by atoms with van der Waals surface area (Å²) in [6.07, 6.45) is 27.8. The lowest BCUT2D eigenvalue weighted by Gasteiger charge is -2.20. The molecule has 278 valence electrons. The van der Waals surface area contributed by atoms with Gasteiger partial charge in [0.05, 0.1) is 19.8 Å². The van der Waals surface area contributed by atoms with Crippen molar-refractivity contribution >= 4 is 19.8 Å². The van der Waals surface area contributed by atoms with Crippen LogP contribution in [0.5, 0.6) is 0 Å². The van der Waals surface area contributed by atoms with Gasteiger partial charge < -0.3 is 24.6 Å². The molecule has 0 radical (unpaired) electrons. The van der Waals surface area contributed by atoms with Gasteiger partial charge in [0.25, 0.3) is 0 Å². The third-order valence-electron chi connectivity index (χ3n) is 7.92. The molecule has 0 aliphatic heterocycles. The van der Waals surface area contributed by atoms with Gasteiger partial charge in [0.2, 0.25) is 0 Å². The van der Waals surface area contributed by atoms with Crippen molar-refractivity contribution in [2.45, 2.75) is 180 Å². The number of ether oxygens (including phenoxy) is 2. The summed E-state index contributed by atoms with van der Waals surface area (Å²) in [5.74, 6) is -0.933. The SMILES string of the molecule is CCCCCCCC/C=C/CCCCCCCCCC(=O)OC[C@@H](COP(=O)(O)OC[C@H](O)CO)OC(=O)CCCCCCCCC. The monoisotopic (exact) mass is 692 g/mol. The van der Waals surface area contributed by atoms with Crippen LogP contribution in [0.4, 0.5) is 0 Å². The van der Waals surface area contributed by atoms with E-state index in [4.69, 9.17) is 19.1 Å². The van der Waals surface area contributed by atoms with Crippen molar-refractivity contribution in [2.75, 3.05) is 26.4 Å². The fourth-order valence-electron chi connectivity index (χ4n) is 4.99. The van der Waals surface area contributed by atoms with E-state index in [0.29, 0.717) is 12.8 Å². The highest BCUT2D eigenvalue weighted by Gasteiger charge is 2.27. The first-order chi connectivity index (χ1) is 22.7. The van der Waals surface area contributed by atoms with Gasteiger partial charge in [0.1, 0.15) is 12.7 Å². The average Bonchev–Trinajstić information content (AvgIpc) is 3.05. The molecule has 0 aromatic rings. The minimum absolute atomic E-state index is 0.185. The molecule has 0 heterocycles. The molecule has 0 spiro atoms. The van der Waals surface area contributed by atoms with Crippen LogP contribution in [0, 0.1) is 0 Å². The molecule has 11 heteroatoms. The lowest BCUT2D eigenvalue weighted by atomic mass is 10.1. The molecule has 0 amide bonds. The summed E-state index contributed by atoms with van der Waals surface area (Å²) in [7, 11) is -4.60. The summed E-state index contributed by atoms with van der Waals surface area (Å²) in [5, 5.41) is 18.2. The Hall–Kier alpha value is -1.29. The standard InChI is InChI=1S/C36H69O10P/c1-3-5-7-9-11-12-13-14-15-16-17-18-19-20-22-23-25-27-35(39)43-31-34(32-45-47(41,42)44-30-33(38)29-37)46-36(40)28-26-24-21-10-8-6-4-2/h14-15,33-34,37-38H,3-13,16-32H2,1-2H3,(H,41,42)/b15-14+/t33-,34+/m1/s1. The van der Waals surface area contributed by atoms with Crippen molar-refractivity contribution < 1.29 is 47.8 Å². The first kappa shape index (κ1) is 45.7. The Bertz CT molecular complexity index is 807. The number of rotatable bonds is 35. The third-order valence-corrected chi connectivity index (χ3v) is 8.87. The second-order valence-corrected chi connectivity index (χ2v) is 14.1. The van der Waals surface area contributed by atoms with E-state index >= 15 is 0 Å². The highest BCUT2D eigenvalue weighted by atomic mass is 31.2. The van der Waals surface area contributed by atoms with Crippen LogP contribution in [-0.4, -0.2) is 65.7 Å². The highest BCUT2D eigenvalue weighted by Crippen LogP contribution is 2.43. The Balaban J connectivity index is 4.24. The normalized spacial score (nSPS) is 14.2. The Labute approximate surface area is 286 Å². The van der Waals surface area contributed by atoms with Gasteiger partial charge in [0, 0.05) is 12.8 Å². The molecule has 0 aromatic carbocycles. The maximum atomic E-state index is 12.4. The second-order valence-electron chi connectivity index (χ2n) is 12.6. The van der Waals surface area contributed by atoms with Crippen molar-refractivity contribution in [3.63, 3.8) is 0 Å². The number of allylic oxidation sites excluding steroid dienone is 2. The van der Waals surface area contributed by atoms with Crippen molar-refractivity contribution in [3.8, 4) is 0 Å². The third kappa shape index (κ3) is 33.0. The second kappa shape index (κ2) is 33.2. The molecule has 0 fully saturated rings. The molecule has 0 aliphatic rings. The highest BCUT2D eigenvalue weighted by molar-refractivity contribution is 7.47. The molecule has 10 nitrogen and oxygen atoms in total. The quantitative estimate of drug-likeness (QED) is 0.0254. The Morgan fingerprint density at radius 3 is 1.53 bits per heavy atom. The Morgan fingerprint density at radius 2 is 1.04 bits per heavy atom. The van der Waals surface area contributed by atoms with Crippen molar-refractivity contribution in [1.29, 1.82) is 0 Å². The molecule has 3 atom stereocenters. The zero-order valence-electron chi connectivity index (χ0n) is 29.8. The van der Waals surface area contributed by atoms with Crippen LogP contribution < -0.4 is 0 Å². The molecular formula is C36H69O10P. The van der Waals surface area contributed by atoms with Crippen molar-refractivity contribution in [3.05, 3.63) is 12.2 Å². The predicted octanol–water partition coefficient (Wildman–Crippen LogP) is 8.89. The number of carbonyl (C=O) groups is 2. The summed E-state index contributed by atoms with van der Waals surface area (Å²) < 4.78 is 32.4. The van der Waals surface area contributed by atoms with Crippen LogP contribution in [-0.2, 0) is 32.7 Å². The summed E-state index contributed by atoms with van der Waals surface area (Å²) in [5.41, 5.74) is 0. The van der Waals surface area contributed by atoms with E-state index in [1.807, 2.05) is 0 Å². The Kier molecular flexibility index (Phi) is 32.3. The smallest absolute Gasteiger partial charge is 0.462 e. The summed E-state index contributed by atoms with van der Waals surface area (Å²) in [6, 6.07) is 0. The summed E-state index contributed by atoms with van der Waals surface area (Å²) in [4.78, 5) is 34.6. The van der Waals surface area contributed by atoms with E-state index in [1.54, 1.807) is 0 Å². The van der Waals surface area contributed by atoms with Crippen LogP contribution in [0.2, 0.25) is 0 Å². The zero-order chi connectivity index (χ0) is 34.9. The summed E-state index contributed by atoms with van der Waals surface area (Å²) >= 11 is 0. The molecule has 0 rings (SSSR count). The number of unbranched alkanes of at least 4 members (excludes halogenated alkanes) is 19. The lowest BCUT2D eigenvalue weighted by molar-refractivity contribution is -0.161. The van der Waals surface area contributed by atoms with E-state index in [2.05, 4.69) is 30.5 Å². The summed E-state index contributed by atoms with van der Waals surface area (Å²) in [6.45, 7) is 2.31. The number of hydrogen-bond donors (Lipinski definition) is 3. The molecule has 0 saturated carbocycles. The van der Waals surface area contributed by atoms with E-state index in [0.717, 1.165) is 44.9 Å². The number of aliphatic hydroxyl groups is 2. The minimum Gasteiger partial charge on any atom is -0.462 e. The molecular weight excluding hydrogens is 623 g/mol. The van der Waals surface area contributed by atoms with E-state index in [1.165, 1.54) is 83.5 Å². The average molecular weight is 693 g/mol. The van der Waals surface area contributed by atoms with Crippen LogP contribution in [0.1, 0.15) is 168 Å². The molecule has 0 bridgehead atoms. The molecule has 0 aromatic heterocycles. The predicted molar refractivity (Wildman–Crippen MR) is 187 cm³/mol. The van der Waals surface area contributed by atoms with Crippen LogP contribution in [0.3, 0.4) is 0 Å². The fraction of sp³-hybridized carbons (Fsp3) is 0.889. The molecule has 3 N–H and O–H groups in total. The number of aliphatic hydroxyl groups excluding tert-OH is 2. The maximum absolute atomic E-state index is 12.4. The van der Waals surface area contributed by atoms with Gasteiger partial charge in [-0.3, -0.25) is 18.6 Å². The van der Waals surface area contributed by atoms with Gasteiger partial charge in [-0.05, 0) is 38.5 Å². The van der Waals surface area contributed by atoms with Crippen LogP contribution >= 0.6 is 7.82 Å². The van der Waals surface area contributed by atoms with Gasteiger partial charge in [-0.1, -0.05) is 129 Å².